The lowest BCUT2D eigenvalue weighted by molar-refractivity contribution is 0.627. The average molecular weight is 254 g/mol. The number of aromatic nitrogens is 1. The predicted molar refractivity (Wildman–Crippen MR) is 67.2 cm³/mol. The number of benzene rings is 1. The van der Waals surface area contributed by atoms with Gasteiger partial charge in [-0.15, -0.1) is 23.1 Å². The van der Waals surface area contributed by atoms with Crippen molar-refractivity contribution in [2.45, 2.75) is 17.6 Å². The molecule has 0 amide bonds. The van der Waals surface area contributed by atoms with E-state index < -0.39 is 0 Å². The molecule has 0 fully saturated rings. The van der Waals surface area contributed by atoms with Crippen LogP contribution in [-0.4, -0.2) is 4.98 Å². The standard InChI is InChI=1S/C11H11FN2S2/c1-7-14-9(5-15-7)6-16-11-3-2-8(12)4-10(11)13/h2-5H,6,13H2,1H3. The summed E-state index contributed by atoms with van der Waals surface area (Å²) in [6.07, 6.45) is 0. The van der Waals surface area contributed by atoms with Crippen LogP contribution in [-0.2, 0) is 5.75 Å². The summed E-state index contributed by atoms with van der Waals surface area (Å²) in [7, 11) is 0. The third-order valence-electron chi connectivity index (χ3n) is 2.01. The molecule has 5 heteroatoms. The monoisotopic (exact) mass is 254 g/mol. The first-order chi connectivity index (χ1) is 7.65. The summed E-state index contributed by atoms with van der Waals surface area (Å²) in [4.78, 5) is 5.25. The van der Waals surface area contributed by atoms with Crippen LogP contribution in [0.4, 0.5) is 10.1 Å². The highest BCUT2D eigenvalue weighted by Crippen LogP contribution is 2.28. The minimum Gasteiger partial charge on any atom is -0.398 e. The molecule has 16 heavy (non-hydrogen) atoms. The Morgan fingerprint density at radius 3 is 2.94 bits per heavy atom. The summed E-state index contributed by atoms with van der Waals surface area (Å²) in [5, 5.41) is 3.09. The molecule has 1 aromatic heterocycles. The van der Waals surface area contributed by atoms with E-state index in [0.717, 1.165) is 21.3 Å². The number of thioether (sulfide) groups is 1. The molecule has 0 aliphatic carbocycles. The van der Waals surface area contributed by atoms with Crippen molar-refractivity contribution < 1.29 is 4.39 Å². The average Bonchev–Trinajstić information content (AvgIpc) is 2.63. The van der Waals surface area contributed by atoms with E-state index in [1.54, 1.807) is 29.2 Å². The summed E-state index contributed by atoms with van der Waals surface area (Å²) in [5.74, 6) is 0.464. The molecule has 2 aromatic rings. The van der Waals surface area contributed by atoms with Crippen LogP contribution in [0.1, 0.15) is 10.7 Å². The van der Waals surface area contributed by atoms with Gasteiger partial charge >= 0.3 is 0 Å². The second-order valence-corrected chi connectivity index (χ2v) is 5.41. The molecule has 0 saturated heterocycles. The van der Waals surface area contributed by atoms with Crippen LogP contribution < -0.4 is 5.73 Å². The van der Waals surface area contributed by atoms with Crippen molar-refractivity contribution in [3.8, 4) is 0 Å². The second kappa shape index (κ2) is 4.84. The summed E-state index contributed by atoms with van der Waals surface area (Å²) in [6.45, 7) is 1.98. The van der Waals surface area contributed by atoms with Crippen LogP contribution in [0.3, 0.4) is 0 Å². The van der Waals surface area contributed by atoms with Crippen molar-refractivity contribution in [2.24, 2.45) is 0 Å². The molecule has 84 valence electrons. The van der Waals surface area contributed by atoms with E-state index in [2.05, 4.69) is 4.98 Å². The fourth-order valence-corrected chi connectivity index (χ4v) is 2.84. The Morgan fingerprint density at radius 1 is 1.50 bits per heavy atom. The molecule has 1 heterocycles. The summed E-state index contributed by atoms with van der Waals surface area (Å²) in [5.41, 5.74) is 7.23. The molecule has 0 atom stereocenters. The van der Waals surface area contributed by atoms with E-state index in [1.165, 1.54) is 12.1 Å². The molecule has 0 saturated carbocycles. The van der Waals surface area contributed by atoms with Gasteiger partial charge in [0, 0.05) is 21.7 Å². The number of hydrogen-bond acceptors (Lipinski definition) is 4. The zero-order valence-electron chi connectivity index (χ0n) is 8.74. The predicted octanol–water partition coefficient (Wildman–Crippen LogP) is 3.47. The van der Waals surface area contributed by atoms with Gasteiger partial charge in [0.2, 0.25) is 0 Å². The van der Waals surface area contributed by atoms with Gasteiger partial charge in [-0.2, -0.15) is 0 Å². The molecule has 2 N–H and O–H groups in total. The van der Waals surface area contributed by atoms with Crippen LogP contribution in [0, 0.1) is 12.7 Å². The van der Waals surface area contributed by atoms with Gasteiger partial charge in [0.1, 0.15) is 5.82 Å². The van der Waals surface area contributed by atoms with E-state index in [4.69, 9.17) is 5.73 Å². The number of anilines is 1. The molecule has 0 aliphatic rings. The largest absolute Gasteiger partial charge is 0.398 e. The van der Waals surface area contributed by atoms with Crippen LogP contribution in [0.2, 0.25) is 0 Å². The maximum absolute atomic E-state index is 12.8. The topological polar surface area (TPSA) is 38.9 Å². The molecule has 0 bridgehead atoms. The Labute approximate surface area is 102 Å². The molecular weight excluding hydrogens is 243 g/mol. The normalized spacial score (nSPS) is 10.6. The van der Waals surface area contributed by atoms with Gasteiger partial charge in [0.25, 0.3) is 0 Å². The number of rotatable bonds is 3. The van der Waals surface area contributed by atoms with Gasteiger partial charge in [-0.05, 0) is 25.1 Å². The fourth-order valence-electron chi connectivity index (χ4n) is 1.28. The summed E-state index contributed by atoms with van der Waals surface area (Å²) < 4.78 is 12.8. The quantitative estimate of drug-likeness (QED) is 0.673. The molecule has 1 aromatic carbocycles. The van der Waals surface area contributed by atoms with Gasteiger partial charge in [-0.3, -0.25) is 0 Å². The third kappa shape index (κ3) is 2.74. The van der Waals surface area contributed by atoms with Crippen molar-refractivity contribution >= 4 is 28.8 Å². The lowest BCUT2D eigenvalue weighted by atomic mass is 10.3. The Hall–Kier alpha value is -1.07. The Kier molecular flexibility index (Phi) is 3.46. The number of nitrogen functional groups attached to an aromatic ring is 1. The van der Waals surface area contributed by atoms with Crippen molar-refractivity contribution in [2.75, 3.05) is 5.73 Å². The lowest BCUT2D eigenvalue weighted by Gasteiger charge is -2.03. The SMILES string of the molecule is Cc1nc(CSc2ccc(F)cc2N)cs1. The maximum Gasteiger partial charge on any atom is 0.125 e. The van der Waals surface area contributed by atoms with Gasteiger partial charge in [0.15, 0.2) is 0 Å². The first-order valence-electron chi connectivity index (χ1n) is 4.74. The van der Waals surface area contributed by atoms with Crippen LogP contribution >= 0.6 is 23.1 Å². The van der Waals surface area contributed by atoms with E-state index in [9.17, 15) is 4.39 Å². The highest BCUT2D eigenvalue weighted by atomic mass is 32.2. The Morgan fingerprint density at radius 2 is 2.31 bits per heavy atom. The fraction of sp³-hybridized carbons (Fsp3) is 0.182. The molecule has 0 radical (unpaired) electrons. The molecule has 0 spiro atoms. The highest BCUT2D eigenvalue weighted by Gasteiger charge is 2.04. The number of aryl methyl sites for hydroxylation is 1. The maximum atomic E-state index is 12.8. The van der Waals surface area contributed by atoms with Crippen molar-refractivity contribution in [3.05, 3.63) is 40.1 Å². The number of thiazole rings is 1. The van der Waals surface area contributed by atoms with E-state index in [-0.39, 0.29) is 5.82 Å². The van der Waals surface area contributed by atoms with Gasteiger partial charge in [-0.1, -0.05) is 0 Å². The summed E-state index contributed by atoms with van der Waals surface area (Å²) in [6, 6.07) is 4.47. The number of hydrogen-bond donors (Lipinski definition) is 1. The van der Waals surface area contributed by atoms with Gasteiger partial charge < -0.3 is 5.73 Å². The smallest absolute Gasteiger partial charge is 0.125 e. The highest BCUT2D eigenvalue weighted by molar-refractivity contribution is 7.98. The lowest BCUT2D eigenvalue weighted by Crippen LogP contribution is -1.90. The second-order valence-electron chi connectivity index (χ2n) is 3.33. The molecule has 2 nitrogen and oxygen atoms in total. The number of nitrogens with zero attached hydrogens (tertiary/aromatic N) is 1. The molecule has 2 rings (SSSR count). The number of nitrogens with two attached hydrogens (primary N) is 1. The van der Waals surface area contributed by atoms with Crippen molar-refractivity contribution in [1.29, 1.82) is 0 Å². The third-order valence-corrected chi connectivity index (χ3v) is 3.96. The number of halogens is 1. The van der Waals surface area contributed by atoms with Crippen LogP contribution in [0.5, 0.6) is 0 Å². The molecule has 0 aliphatic heterocycles. The zero-order chi connectivity index (χ0) is 11.5. The molecular formula is C11H11FN2S2. The summed E-state index contributed by atoms with van der Waals surface area (Å²) >= 11 is 3.21. The van der Waals surface area contributed by atoms with Gasteiger partial charge in [-0.25, -0.2) is 9.37 Å². The first-order valence-corrected chi connectivity index (χ1v) is 6.60. The van der Waals surface area contributed by atoms with E-state index in [1.807, 2.05) is 12.3 Å². The molecule has 0 unspecified atom stereocenters. The van der Waals surface area contributed by atoms with Crippen molar-refractivity contribution in [3.63, 3.8) is 0 Å². The van der Waals surface area contributed by atoms with E-state index in [0.29, 0.717) is 5.69 Å². The minimum atomic E-state index is -0.300. The van der Waals surface area contributed by atoms with Crippen molar-refractivity contribution in [1.82, 2.24) is 4.98 Å². The first kappa shape index (κ1) is 11.4. The Balaban J connectivity index is 2.04. The zero-order valence-corrected chi connectivity index (χ0v) is 10.4. The van der Waals surface area contributed by atoms with Crippen LogP contribution in [0.15, 0.2) is 28.5 Å². The van der Waals surface area contributed by atoms with Gasteiger partial charge in [0.05, 0.1) is 10.7 Å². The minimum absolute atomic E-state index is 0.300. The van der Waals surface area contributed by atoms with Crippen LogP contribution in [0.25, 0.3) is 0 Å². The Bertz CT molecular complexity index is 496. The van der Waals surface area contributed by atoms with E-state index >= 15 is 0 Å².